The third-order valence-electron chi connectivity index (χ3n) is 6.38. The van der Waals surface area contributed by atoms with Gasteiger partial charge in [0.1, 0.15) is 12.4 Å². The lowest BCUT2D eigenvalue weighted by Gasteiger charge is -2.13. The Balaban J connectivity index is 1.34. The molecule has 1 aliphatic rings. The minimum Gasteiger partial charge on any atom is -0.462 e. The highest BCUT2D eigenvalue weighted by Crippen LogP contribution is 2.34. The number of carbonyl (C=O) groups excluding carboxylic acids is 4. The number of anilines is 1. The van der Waals surface area contributed by atoms with Crippen LogP contribution in [0, 0.1) is 5.82 Å². The number of hydrogen-bond donors (Lipinski definition) is 1. The van der Waals surface area contributed by atoms with E-state index in [1.165, 1.54) is 30.3 Å². The van der Waals surface area contributed by atoms with Gasteiger partial charge >= 0.3 is 5.97 Å². The van der Waals surface area contributed by atoms with Gasteiger partial charge in [-0.25, -0.2) is 9.18 Å². The van der Waals surface area contributed by atoms with E-state index in [4.69, 9.17) is 27.9 Å². The largest absolute Gasteiger partial charge is 0.462 e. The molecule has 5 rings (SSSR count). The maximum atomic E-state index is 13.5. The highest BCUT2D eigenvalue weighted by atomic mass is 35.5. The normalized spacial score (nSPS) is 14.2. The minimum atomic E-state index is -0.642. The predicted octanol–water partition coefficient (Wildman–Crippen LogP) is 6.99. The third-order valence-corrected chi connectivity index (χ3v) is 7.97. The summed E-state index contributed by atoms with van der Waals surface area (Å²) in [5, 5.41) is 3.28. The molecule has 4 aromatic rings. The van der Waals surface area contributed by atoms with Crippen molar-refractivity contribution in [2.75, 3.05) is 18.5 Å². The number of amides is 3. The zero-order chi connectivity index (χ0) is 30.0. The maximum Gasteiger partial charge on any atom is 0.339 e. The summed E-state index contributed by atoms with van der Waals surface area (Å²) in [6.45, 7) is 1.65. The molecule has 0 atom stereocenters. The second kappa shape index (κ2) is 12.4. The van der Waals surface area contributed by atoms with Crippen molar-refractivity contribution < 1.29 is 28.3 Å². The van der Waals surface area contributed by atoms with Gasteiger partial charge in [0, 0.05) is 39.9 Å². The molecule has 214 valence electrons. The quantitative estimate of drug-likeness (QED) is 0.167. The van der Waals surface area contributed by atoms with Gasteiger partial charge < -0.3 is 14.6 Å². The van der Waals surface area contributed by atoms with Crippen LogP contribution in [0.5, 0.6) is 0 Å². The lowest BCUT2D eigenvalue weighted by molar-refractivity contribution is -0.127. The molecule has 1 N–H and O–H groups in total. The van der Waals surface area contributed by atoms with Crippen molar-refractivity contribution >= 4 is 80.7 Å². The van der Waals surface area contributed by atoms with E-state index >= 15 is 0 Å². The van der Waals surface area contributed by atoms with E-state index in [1.54, 1.807) is 19.1 Å². The molecule has 0 bridgehead atoms. The number of benzene rings is 3. The molecule has 3 aromatic carbocycles. The Labute approximate surface area is 254 Å². The van der Waals surface area contributed by atoms with Crippen molar-refractivity contribution in [1.29, 1.82) is 0 Å². The Morgan fingerprint density at radius 3 is 2.60 bits per heavy atom. The first-order valence-corrected chi connectivity index (χ1v) is 14.3. The molecular formula is C30H22Cl2FN3O5S. The lowest BCUT2D eigenvalue weighted by atomic mass is 10.1. The lowest BCUT2D eigenvalue weighted by Crippen LogP contribution is -2.36. The Morgan fingerprint density at radius 1 is 1.05 bits per heavy atom. The highest BCUT2D eigenvalue weighted by molar-refractivity contribution is 8.18. The first kappa shape index (κ1) is 29.4. The molecule has 0 aliphatic carbocycles. The van der Waals surface area contributed by atoms with Gasteiger partial charge in [0.05, 0.1) is 22.1 Å². The average Bonchev–Trinajstić information content (AvgIpc) is 3.43. The van der Waals surface area contributed by atoms with Crippen LogP contribution in [0.4, 0.5) is 14.9 Å². The SMILES string of the molecule is CCOC(=O)c1cc(NC(=O)CN2C(=O)S/C(=C\c3cn(Cc4ccc(F)cc4Cl)c4ccccc34)C2=O)ccc1Cl. The van der Waals surface area contributed by atoms with Crippen LogP contribution in [0.15, 0.2) is 71.8 Å². The van der Waals surface area contributed by atoms with E-state index in [0.29, 0.717) is 22.7 Å². The number of thioether (sulfide) groups is 1. The molecule has 2 heterocycles. The standard InChI is InChI=1S/C30H22Cl2FN3O5S/c1-2-41-29(39)22-13-20(9-10-23(22)31)34-27(37)16-36-28(38)26(42-30(36)40)11-18-15-35(25-6-4-3-5-21(18)25)14-17-7-8-19(33)12-24(17)32/h3-13,15H,2,14,16H2,1H3,(H,34,37)/b26-11-. The topological polar surface area (TPSA) is 97.7 Å². The van der Waals surface area contributed by atoms with Gasteiger partial charge in [0.15, 0.2) is 0 Å². The number of nitrogens with zero attached hydrogens (tertiary/aromatic N) is 2. The summed E-state index contributed by atoms with van der Waals surface area (Å²) >= 11 is 13.0. The monoisotopic (exact) mass is 625 g/mol. The molecule has 3 amide bonds. The van der Waals surface area contributed by atoms with Crippen LogP contribution < -0.4 is 5.32 Å². The number of para-hydroxylation sites is 1. The summed E-state index contributed by atoms with van der Waals surface area (Å²) in [4.78, 5) is 51.8. The van der Waals surface area contributed by atoms with Crippen LogP contribution in [0.1, 0.15) is 28.4 Å². The number of ether oxygens (including phenoxy) is 1. The van der Waals surface area contributed by atoms with E-state index < -0.39 is 35.4 Å². The van der Waals surface area contributed by atoms with E-state index in [1.807, 2.05) is 35.0 Å². The summed E-state index contributed by atoms with van der Waals surface area (Å²) in [5.74, 6) is -2.32. The van der Waals surface area contributed by atoms with Crippen molar-refractivity contribution in [2.45, 2.75) is 13.5 Å². The summed E-state index contributed by atoms with van der Waals surface area (Å²) in [6.07, 6.45) is 3.44. The van der Waals surface area contributed by atoms with Crippen molar-refractivity contribution in [3.8, 4) is 0 Å². The van der Waals surface area contributed by atoms with Crippen LogP contribution in [0.2, 0.25) is 10.0 Å². The fraction of sp³-hybridized carbons (Fsp3) is 0.133. The summed E-state index contributed by atoms with van der Waals surface area (Å²) in [6, 6.07) is 16.0. The smallest absolute Gasteiger partial charge is 0.339 e. The molecule has 1 fully saturated rings. The number of nitrogens with one attached hydrogen (secondary N) is 1. The van der Waals surface area contributed by atoms with Gasteiger partial charge in [-0.2, -0.15) is 0 Å². The number of fused-ring (bicyclic) bond motifs is 1. The fourth-order valence-electron chi connectivity index (χ4n) is 4.44. The van der Waals surface area contributed by atoms with E-state index in [-0.39, 0.29) is 27.8 Å². The molecule has 0 radical (unpaired) electrons. The number of halogens is 3. The molecule has 12 heteroatoms. The Morgan fingerprint density at radius 2 is 1.83 bits per heavy atom. The number of carbonyl (C=O) groups is 4. The van der Waals surface area contributed by atoms with Crippen molar-refractivity contribution in [3.63, 3.8) is 0 Å². The van der Waals surface area contributed by atoms with Crippen LogP contribution >= 0.6 is 35.0 Å². The Bertz CT molecular complexity index is 1790. The van der Waals surface area contributed by atoms with Crippen molar-refractivity contribution in [3.05, 3.63) is 104 Å². The summed E-state index contributed by atoms with van der Waals surface area (Å²) < 4.78 is 20.4. The van der Waals surface area contributed by atoms with Crippen molar-refractivity contribution in [1.82, 2.24) is 9.47 Å². The Kier molecular flexibility index (Phi) is 8.67. The predicted molar refractivity (Wildman–Crippen MR) is 161 cm³/mol. The van der Waals surface area contributed by atoms with Gasteiger partial charge in [-0.1, -0.05) is 47.5 Å². The molecule has 8 nitrogen and oxygen atoms in total. The molecule has 0 spiro atoms. The number of aromatic nitrogens is 1. The summed E-state index contributed by atoms with van der Waals surface area (Å²) in [7, 11) is 0. The molecule has 1 aliphatic heterocycles. The Hall–Kier alpha value is -4.12. The van der Waals surface area contributed by atoms with E-state index in [2.05, 4.69) is 5.32 Å². The second-order valence-corrected chi connectivity index (χ2v) is 11.0. The first-order valence-electron chi connectivity index (χ1n) is 12.7. The van der Waals surface area contributed by atoms with Crippen LogP contribution in [0.25, 0.3) is 17.0 Å². The van der Waals surface area contributed by atoms with E-state index in [9.17, 15) is 23.6 Å². The molecule has 1 aromatic heterocycles. The molecular weight excluding hydrogens is 604 g/mol. The number of hydrogen-bond acceptors (Lipinski definition) is 6. The van der Waals surface area contributed by atoms with Gasteiger partial charge in [-0.15, -0.1) is 0 Å². The molecule has 42 heavy (non-hydrogen) atoms. The highest BCUT2D eigenvalue weighted by Gasteiger charge is 2.36. The average molecular weight is 626 g/mol. The van der Waals surface area contributed by atoms with Gasteiger partial charge in [-0.05, 0) is 66.7 Å². The van der Waals surface area contributed by atoms with Crippen LogP contribution in [-0.2, 0) is 20.9 Å². The van der Waals surface area contributed by atoms with Crippen molar-refractivity contribution in [2.24, 2.45) is 0 Å². The fourth-order valence-corrected chi connectivity index (χ4v) is 5.70. The van der Waals surface area contributed by atoms with Crippen LogP contribution in [0.3, 0.4) is 0 Å². The first-order chi connectivity index (χ1) is 20.1. The van der Waals surface area contributed by atoms with Gasteiger partial charge in [0.25, 0.3) is 11.1 Å². The molecule has 0 saturated carbocycles. The molecule has 1 saturated heterocycles. The summed E-state index contributed by atoms with van der Waals surface area (Å²) in [5.41, 5.74) is 2.58. The van der Waals surface area contributed by atoms with E-state index in [0.717, 1.165) is 27.6 Å². The van der Waals surface area contributed by atoms with Gasteiger partial charge in [-0.3, -0.25) is 19.3 Å². The second-order valence-electron chi connectivity index (χ2n) is 9.20. The molecule has 0 unspecified atom stereocenters. The minimum absolute atomic E-state index is 0.0753. The van der Waals surface area contributed by atoms with Gasteiger partial charge in [0.2, 0.25) is 5.91 Å². The number of imide groups is 1. The number of rotatable bonds is 8. The maximum absolute atomic E-state index is 13.5. The zero-order valence-electron chi connectivity index (χ0n) is 22.0. The number of esters is 1. The van der Waals surface area contributed by atoms with Crippen LogP contribution in [-0.4, -0.2) is 45.6 Å². The third kappa shape index (κ3) is 6.20. The zero-order valence-corrected chi connectivity index (χ0v) is 24.4.